The van der Waals surface area contributed by atoms with Gasteiger partial charge in [0.05, 0.1) is 12.2 Å². The molecule has 0 atom stereocenters. The number of halogens is 1. The molecule has 26 heavy (non-hydrogen) atoms. The molecule has 0 spiro atoms. The molecule has 2 N–H and O–H groups in total. The fourth-order valence-corrected chi connectivity index (χ4v) is 3.03. The number of aromatic nitrogens is 1. The molecule has 0 aromatic carbocycles. The number of hydrogen-bond acceptors (Lipinski definition) is 6. The summed E-state index contributed by atoms with van der Waals surface area (Å²) in [6.45, 7) is 8.51. The number of guanidine groups is 1. The highest BCUT2D eigenvalue weighted by atomic mass is 127. The zero-order valence-electron chi connectivity index (χ0n) is 16.1. The molecule has 0 radical (unpaired) electrons. The van der Waals surface area contributed by atoms with Gasteiger partial charge in [-0.15, -0.1) is 35.3 Å². The molecule has 148 valence electrons. The van der Waals surface area contributed by atoms with Crippen molar-refractivity contribution in [1.82, 2.24) is 14.8 Å². The number of rotatable bonds is 3. The summed E-state index contributed by atoms with van der Waals surface area (Å²) in [4.78, 5) is 26.7. The first-order valence-electron chi connectivity index (χ1n) is 8.30. The molecular formula is C16H29IN6O2S. The van der Waals surface area contributed by atoms with Crippen LogP contribution in [0.15, 0.2) is 10.4 Å². The average Bonchev–Trinajstić information content (AvgIpc) is 3.00. The summed E-state index contributed by atoms with van der Waals surface area (Å²) in [5, 5.41) is 2.95. The van der Waals surface area contributed by atoms with Gasteiger partial charge in [0.2, 0.25) is 0 Å². The smallest absolute Gasteiger partial charge is 0.410 e. The van der Waals surface area contributed by atoms with Crippen LogP contribution in [0.2, 0.25) is 0 Å². The molecule has 2 heterocycles. The van der Waals surface area contributed by atoms with Crippen LogP contribution in [0.1, 0.15) is 26.5 Å². The highest BCUT2D eigenvalue weighted by Gasteiger charge is 2.26. The van der Waals surface area contributed by atoms with Crippen LogP contribution >= 0.6 is 35.3 Å². The van der Waals surface area contributed by atoms with E-state index in [2.05, 4.69) is 9.98 Å². The van der Waals surface area contributed by atoms with Crippen molar-refractivity contribution in [3.8, 4) is 0 Å². The third kappa shape index (κ3) is 6.78. The van der Waals surface area contributed by atoms with Gasteiger partial charge in [-0.25, -0.2) is 14.8 Å². The third-order valence-corrected chi connectivity index (χ3v) is 4.64. The van der Waals surface area contributed by atoms with Crippen LogP contribution in [-0.4, -0.2) is 72.7 Å². The van der Waals surface area contributed by atoms with E-state index in [4.69, 9.17) is 10.5 Å². The number of anilines is 1. The van der Waals surface area contributed by atoms with E-state index in [0.717, 1.165) is 10.8 Å². The second-order valence-corrected chi connectivity index (χ2v) is 7.98. The molecule has 1 saturated heterocycles. The Morgan fingerprint density at radius 2 is 1.88 bits per heavy atom. The van der Waals surface area contributed by atoms with Crippen LogP contribution < -0.4 is 10.6 Å². The minimum atomic E-state index is -0.479. The van der Waals surface area contributed by atoms with Gasteiger partial charge in [0, 0.05) is 45.7 Å². The molecule has 1 aromatic heterocycles. The monoisotopic (exact) mass is 496 g/mol. The van der Waals surface area contributed by atoms with Crippen LogP contribution in [0.5, 0.6) is 0 Å². The molecule has 2 rings (SSSR count). The summed E-state index contributed by atoms with van der Waals surface area (Å²) in [5.41, 5.74) is 6.52. The van der Waals surface area contributed by atoms with E-state index in [9.17, 15) is 4.79 Å². The summed E-state index contributed by atoms with van der Waals surface area (Å²) < 4.78 is 5.40. The number of carbonyl (C=O) groups excluding carboxylic acids is 1. The third-order valence-electron chi connectivity index (χ3n) is 3.58. The molecule has 10 heteroatoms. The lowest BCUT2D eigenvalue weighted by Crippen LogP contribution is -2.53. The SMILES string of the molecule is CN(C)c1nc(CN=C(N)N2CCN(C(=O)OC(C)(C)C)CC2)cs1.I. The van der Waals surface area contributed by atoms with Gasteiger partial charge in [0.15, 0.2) is 11.1 Å². The van der Waals surface area contributed by atoms with Crippen LogP contribution in [0, 0.1) is 0 Å². The predicted molar refractivity (Wildman–Crippen MR) is 117 cm³/mol. The van der Waals surface area contributed by atoms with Crippen LogP contribution in [0.3, 0.4) is 0 Å². The molecule has 0 aliphatic carbocycles. The van der Waals surface area contributed by atoms with Gasteiger partial charge < -0.3 is 25.2 Å². The second kappa shape index (κ2) is 9.58. The number of piperazine rings is 1. The second-order valence-electron chi connectivity index (χ2n) is 7.14. The van der Waals surface area contributed by atoms with E-state index in [0.29, 0.717) is 38.7 Å². The Kier molecular flexibility index (Phi) is 8.38. The van der Waals surface area contributed by atoms with Gasteiger partial charge in [0.1, 0.15) is 5.60 Å². The normalized spacial score (nSPS) is 15.5. The average molecular weight is 496 g/mol. The van der Waals surface area contributed by atoms with Gasteiger partial charge in [-0.2, -0.15) is 0 Å². The molecule has 1 fully saturated rings. The number of aliphatic imine (C=N–C) groups is 1. The Labute approximate surface area is 176 Å². The highest BCUT2D eigenvalue weighted by molar-refractivity contribution is 14.0. The van der Waals surface area contributed by atoms with Gasteiger partial charge in [-0.05, 0) is 20.8 Å². The van der Waals surface area contributed by atoms with Crippen LogP contribution in [0.4, 0.5) is 9.93 Å². The lowest BCUT2D eigenvalue weighted by molar-refractivity contribution is 0.0186. The van der Waals surface area contributed by atoms with E-state index < -0.39 is 5.60 Å². The standard InChI is InChI=1S/C16H28N6O2S.HI/c1-16(2,3)24-15(23)22-8-6-21(7-9-22)13(17)18-10-12-11-25-14(19-12)20(4)5;/h11H,6-10H2,1-5H3,(H2,17,18);1H. The van der Waals surface area contributed by atoms with Crippen molar-refractivity contribution < 1.29 is 9.53 Å². The number of ether oxygens (including phenoxy) is 1. The van der Waals surface area contributed by atoms with Crippen molar-refractivity contribution in [3.05, 3.63) is 11.1 Å². The molecule has 0 saturated carbocycles. The van der Waals surface area contributed by atoms with Gasteiger partial charge in [-0.1, -0.05) is 0 Å². The summed E-state index contributed by atoms with van der Waals surface area (Å²) in [5.74, 6) is 0.489. The molecule has 1 aliphatic rings. The molecule has 0 unspecified atom stereocenters. The summed E-state index contributed by atoms with van der Waals surface area (Å²) in [6, 6.07) is 0. The lowest BCUT2D eigenvalue weighted by Gasteiger charge is -2.36. The molecular weight excluding hydrogens is 467 g/mol. The molecule has 0 bridgehead atoms. The Bertz CT molecular complexity index is 621. The number of nitrogens with zero attached hydrogens (tertiary/aromatic N) is 5. The van der Waals surface area contributed by atoms with E-state index in [1.54, 1.807) is 16.2 Å². The lowest BCUT2D eigenvalue weighted by atomic mass is 10.2. The Morgan fingerprint density at radius 1 is 1.31 bits per heavy atom. The van der Waals surface area contributed by atoms with Crippen molar-refractivity contribution in [2.75, 3.05) is 45.2 Å². The summed E-state index contributed by atoms with van der Waals surface area (Å²) >= 11 is 1.59. The zero-order valence-corrected chi connectivity index (χ0v) is 19.2. The first-order chi connectivity index (χ1) is 11.7. The minimum absolute atomic E-state index is 0. The largest absolute Gasteiger partial charge is 0.444 e. The van der Waals surface area contributed by atoms with Gasteiger partial charge >= 0.3 is 6.09 Å². The quantitative estimate of drug-likeness (QED) is 0.392. The number of thiazole rings is 1. The van der Waals surface area contributed by atoms with E-state index >= 15 is 0 Å². The van der Waals surface area contributed by atoms with Crippen LogP contribution in [-0.2, 0) is 11.3 Å². The van der Waals surface area contributed by atoms with Crippen molar-refractivity contribution >= 4 is 52.5 Å². The zero-order chi connectivity index (χ0) is 18.6. The topological polar surface area (TPSA) is 87.3 Å². The number of hydrogen-bond donors (Lipinski definition) is 1. The fraction of sp³-hybridized carbons (Fsp3) is 0.688. The van der Waals surface area contributed by atoms with E-state index in [1.165, 1.54) is 0 Å². The highest BCUT2D eigenvalue weighted by Crippen LogP contribution is 2.18. The first kappa shape index (κ1) is 22.7. The van der Waals surface area contributed by atoms with Gasteiger partial charge in [-0.3, -0.25) is 0 Å². The summed E-state index contributed by atoms with van der Waals surface area (Å²) in [7, 11) is 3.93. The number of amides is 1. The van der Waals surface area contributed by atoms with Crippen LogP contribution in [0.25, 0.3) is 0 Å². The predicted octanol–water partition coefficient (Wildman–Crippen LogP) is 2.19. The molecule has 1 aromatic rings. The van der Waals surface area contributed by atoms with Crippen molar-refractivity contribution in [3.63, 3.8) is 0 Å². The maximum absolute atomic E-state index is 12.1. The Hall–Kier alpha value is -1.30. The van der Waals surface area contributed by atoms with Crippen molar-refractivity contribution in [1.29, 1.82) is 0 Å². The molecule has 1 aliphatic heterocycles. The summed E-state index contributed by atoms with van der Waals surface area (Å²) in [6.07, 6.45) is -0.277. The number of carbonyl (C=O) groups is 1. The maximum atomic E-state index is 12.1. The molecule has 1 amide bonds. The van der Waals surface area contributed by atoms with E-state index in [1.807, 2.05) is 50.0 Å². The van der Waals surface area contributed by atoms with Gasteiger partial charge in [0.25, 0.3) is 0 Å². The fourth-order valence-electron chi connectivity index (χ4n) is 2.28. The Morgan fingerprint density at radius 3 is 2.38 bits per heavy atom. The molecule has 8 nitrogen and oxygen atoms in total. The van der Waals surface area contributed by atoms with E-state index in [-0.39, 0.29) is 30.1 Å². The number of nitrogens with two attached hydrogens (primary N) is 1. The van der Waals surface area contributed by atoms with Crippen molar-refractivity contribution in [2.24, 2.45) is 10.7 Å². The first-order valence-corrected chi connectivity index (χ1v) is 9.18. The Balaban J connectivity index is 0.00000338. The van der Waals surface area contributed by atoms with Crippen molar-refractivity contribution in [2.45, 2.75) is 32.9 Å². The maximum Gasteiger partial charge on any atom is 0.410 e. The minimum Gasteiger partial charge on any atom is -0.444 e.